The van der Waals surface area contributed by atoms with E-state index in [1.807, 2.05) is 66.7 Å². The summed E-state index contributed by atoms with van der Waals surface area (Å²) in [5.41, 5.74) is 2.10. The Balaban J connectivity index is 1.36. The molecule has 0 spiro atoms. The lowest BCUT2D eigenvalue weighted by atomic mass is 9.80. The SMILES string of the molecule is CC(C)(C)[Si](OCCC(=O)C#CCOC(c1ccccc1)(c1ccccc1)c1ccccc1)(c1ccccc1)c1ccccc1. The van der Waals surface area contributed by atoms with Gasteiger partial charge >= 0.3 is 0 Å². The summed E-state index contributed by atoms with van der Waals surface area (Å²) in [6.45, 7) is 7.08. The number of hydrogen-bond acceptors (Lipinski definition) is 3. The summed E-state index contributed by atoms with van der Waals surface area (Å²) >= 11 is 0. The van der Waals surface area contributed by atoms with E-state index in [0.717, 1.165) is 16.7 Å². The third-order valence-corrected chi connectivity index (χ3v) is 13.2. The zero-order valence-electron chi connectivity index (χ0n) is 26.3. The maximum Gasteiger partial charge on any atom is 0.261 e. The number of carbonyl (C=O) groups is 1. The minimum absolute atomic E-state index is 0.0833. The van der Waals surface area contributed by atoms with Crippen molar-refractivity contribution in [2.75, 3.05) is 13.2 Å². The fourth-order valence-electron chi connectivity index (χ4n) is 6.17. The second kappa shape index (κ2) is 14.5. The van der Waals surface area contributed by atoms with E-state index in [4.69, 9.17) is 9.16 Å². The van der Waals surface area contributed by atoms with Crippen molar-refractivity contribution < 1.29 is 14.0 Å². The fourth-order valence-corrected chi connectivity index (χ4v) is 10.7. The van der Waals surface area contributed by atoms with E-state index in [9.17, 15) is 4.79 Å². The topological polar surface area (TPSA) is 35.5 Å². The summed E-state index contributed by atoms with van der Waals surface area (Å²) in [7, 11) is -2.72. The first kappa shape index (κ1) is 31.9. The molecule has 0 fully saturated rings. The summed E-state index contributed by atoms with van der Waals surface area (Å²) in [5, 5.41) is 2.22. The van der Waals surface area contributed by atoms with E-state index >= 15 is 0 Å². The van der Waals surface area contributed by atoms with Gasteiger partial charge in [0.1, 0.15) is 12.2 Å². The first-order valence-corrected chi connectivity index (χ1v) is 17.4. The Labute approximate surface area is 269 Å². The lowest BCUT2D eigenvalue weighted by Gasteiger charge is -2.43. The molecule has 5 aromatic carbocycles. The first-order chi connectivity index (χ1) is 21.9. The van der Waals surface area contributed by atoms with E-state index in [2.05, 4.69) is 118 Å². The summed E-state index contributed by atoms with van der Waals surface area (Å²) in [6.07, 6.45) is 0.207. The van der Waals surface area contributed by atoms with Gasteiger partial charge in [0.2, 0.25) is 5.78 Å². The largest absolute Gasteiger partial charge is 0.407 e. The van der Waals surface area contributed by atoms with Gasteiger partial charge < -0.3 is 9.16 Å². The van der Waals surface area contributed by atoms with Crippen molar-refractivity contribution in [3.63, 3.8) is 0 Å². The number of rotatable bonds is 11. The van der Waals surface area contributed by atoms with Crippen LogP contribution in [-0.2, 0) is 19.6 Å². The minimum Gasteiger partial charge on any atom is -0.407 e. The molecule has 226 valence electrons. The second-order valence-corrected chi connectivity index (χ2v) is 16.4. The molecular formula is C41H40O3Si. The van der Waals surface area contributed by atoms with Crippen molar-refractivity contribution in [2.24, 2.45) is 0 Å². The lowest BCUT2D eigenvalue weighted by molar-refractivity contribution is -0.114. The molecule has 0 unspecified atom stereocenters. The second-order valence-electron chi connectivity index (χ2n) is 12.1. The Kier molecular flexibility index (Phi) is 10.3. The maximum atomic E-state index is 13.1. The average molecular weight is 609 g/mol. The first-order valence-electron chi connectivity index (χ1n) is 15.5. The molecule has 3 nitrogen and oxygen atoms in total. The number of ether oxygens (including phenoxy) is 1. The van der Waals surface area contributed by atoms with Crippen molar-refractivity contribution in [3.8, 4) is 11.8 Å². The number of benzene rings is 5. The van der Waals surface area contributed by atoms with Crippen LogP contribution in [0.25, 0.3) is 0 Å². The summed E-state index contributed by atoms with van der Waals surface area (Å²) < 4.78 is 13.6. The zero-order valence-corrected chi connectivity index (χ0v) is 27.3. The monoisotopic (exact) mass is 608 g/mol. The number of ketones is 1. The summed E-state index contributed by atoms with van der Waals surface area (Å²) in [5.74, 6) is 5.70. The number of carbonyl (C=O) groups excluding carboxylic acids is 1. The standard InChI is InChI=1S/C41H40O3Si/c1-40(2,3)45(38-27-15-7-16-28-38,39-29-17-8-18-30-39)44-33-31-37(42)26-19-32-43-41(34-20-9-4-10-21-34,35-22-11-5-12-23-35)36-24-13-6-14-25-36/h4-18,20-25,27-30H,31-33H2,1-3H3. The highest BCUT2D eigenvalue weighted by atomic mass is 28.4. The minimum atomic E-state index is -2.72. The fraction of sp³-hybridized carbons (Fsp3) is 0.195. The lowest BCUT2D eigenvalue weighted by Crippen LogP contribution is -2.66. The Bertz CT molecular complexity index is 1570. The molecule has 0 saturated carbocycles. The van der Waals surface area contributed by atoms with Gasteiger partial charge in [-0.2, -0.15) is 0 Å². The van der Waals surface area contributed by atoms with Gasteiger partial charge in [0.05, 0.1) is 0 Å². The highest BCUT2D eigenvalue weighted by molar-refractivity contribution is 6.99. The van der Waals surface area contributed by atoms with Crippen LogP contribution in [0.1, 0.15) is 43.9 Å². The molecule has 0 heterocycles. The van der Waals surface area contributed by atoms with Crippen LogP contribution in [0.3, 0.4) is 0 Å². The van der Waals surface area contributed by atoms with Gasteiger partial charge in [-0.1, -0.05) is 178 Å². The molecule has 0 aliphatic heterocycles. The molecule has 0 bridgehead atoms. The van der Waals surface area contributed by atoms with E-state index in [0.29, 0.717) is 6.61 Å². The summed E-state index contributed by atoms with van der Waals surface area (Å²) in [6, 6.07) is 51.4. The van der Waals surface area contributed by atoms with Gasteiger partial charge in [-0.3, -0.25) is 4.79 Å². The van der Waals surface area contributed by atoms with E-state index in [-0.39, 0.29) is 23.8 Å². The van der Waals surface area contributed by atoms with Crippen LogP contribution in [-0.4, -0.2) is 27.3 Å². The molecule has 0 aliphatic rings. The predicted octanol–water partition coefficient (Wildman–Crippen LogP) is 7.53. The molecule has 0 aromatic heterocycles. The Morgan fingerprint density at radius 1 is 0.600 bits per heavy atom. The predicted molar refractivity (Wildman–Crippen MR) is 186 cm³/mol. The molecule has 0 atom stereocenters. The number of hydrogen-bond donors (Lipinski definition) is 0. The van der Waals surface area contributed by atoms with Crippen LogP contribution in [0, 0.1) is 11.8 Å². The van der Waals surface area contributed by atoms with Gasteiger partial charge in [0.25, 0.3) is 8.32 Å². The third kappa shape index (κ3) is 6.92. The summed E-state index contributed by atoms with van der Waals surface area (Å²) in [4.78, 5) is 13.1. The zero-order chi connectivity index (χ0) is 31.6. The Morgan fingerprint density at radius 3 is 1.36 bits per heavy atom. The highest BCUT2D eigenvalue weighted by Gasteiger charge is 2.50. The van der Waals surface area contributed by atoms with Crippen molar-refractivity contribution in [3.05, 3.63) is 168 Å². The third-order valence-electron chi connectivity index (χ3n) is 8.19. The van der Waals surface area contributed by atoms with Crippen LogP contribution in [0.2, 0.25) is 5.04 Å². The Hall–Kier alpha value is -4.53. The molecule has 4 heteroatoms. The number of Topliss-reactive ketones (excluding diaryl/α,β-unsaturated/α-hetero) is 1. The van der Waals surface area contributed by atoms with Gasteiger partial charge in [0, 0.05) is 13.0 Å². The average Bonchev–Trinajstić information content (AvgIpc) is 3.08. The van der Waals surface area contributed by atoms with Crippen LogP contribution in [0.5, 0.6) is 0 Å². The molecule has 0 N–H and O–H groups in total. The molecule has 0 amide bonds. The quantitative estimate of drug-likeness (QED) is 0.0673. The van der Waals surface area contributed by atoms with Crippen LogP contribution >= 0.6 is 0 Å². The van der Waals surface area contributed by atoms with Crippen LogP contribution < -0.4 is 10.4 Å². The van der Waals surface area contributed by atoms with Crippen molar-refractivity contribution in [1.82, 2.24) is 0 Å². The normalized spacial score (nSPS) is 11.8. The van der Waals surface area contributed by atoms with Gasteiger partial charge in [-0.05, 0) is 38.0 Å². The molecule has 5 aromatic rings. The van der Waals surface area contributed by atoms with Gasteiger partial charge in [0.15, 0.2) is 0 Å². The van der Waals surface area contributed by atoms with E-state index < -0.39 is 13.9 Å². The smallest absolute Gasteiger partial charge is 0.261 e. The van der Waals surface area contributed by atoms with Crippen molar-refractivity contribution in [2.45, 2.75) is 37.8 Å². The van der Waals surface area contributed by atoms with Gasteiger partial charge in [-0.25, -0.2) is 0 Å². The van der Waals surface area contributed by atoms with Gasteiger partial charge in [-0.15, -0.1) is 0 Å². The molecule has 0 saturated heterocycles. The molecule has 5 rings (SSSR count). The van der Waals surface area contributed by atoms with E-state index in [1.54, 1.807) is 0 Å². The molecule has 0 aliphatic carbocycles. The Morgan fingerprint density at radius 2 is 0.978 bits per heavy atom. The van der Waals surface area contributed by atoms with Crippen LogP contribution in [0.4, 0.5) is 0 Å². The van der Waals surface area contributed by atoms with Crippen LogP contribution in [0.15, 0.2) is 152 Å². The maximum absolute atomic E-state index is 13.1. The molecule has 45 heavy (non-hydrogen) atoms. The highest BCUT2D eigenvalue weighted by Crippen LogP contribution is 2.40. The van der Waals surface area contributed by atoms with Crippen molar-refractivity contribution >= 4 is 24.5 Å². The molecular weight excluding hydrogens is 569 g/mol. The molecule has 0 radical (unpaired) electrons. The van der Waals surface area contributed by atoms with Crippen molar-refractivity contribution in [1.29, 1.82) is 0 Å². The van der Waals surface area contributed by atoms with E-state index in [1.165, 1.54) is 10.4 Å².